The lowest BCUT2D eigenvalue weighted by molar-refractivity contribution is 0.0256. The molecular weight excluding hydrogens is 494 g/mol. The second-order valence-electron chi connectivity index (χ2n) is 10.8. The number of aryl methyl sites for hydroxylation is 1. The molecule has 192 valence electrons. The molecule has 0 unspecified atom stereocenters. The number of nitrogens with zero attached hydrogens (tertiary/aromatic N) is 3. The third-order valence-corrected chi connectivity index (χ3v) is 8.35. The van der Waals surface area contributed by atoms with Gasteiger partial charge in [0.05, 0.1) is 16.8 Å². The molecule has 5 rings (SSSR count). The number of aliphatic hydroxyl groups excluding tert-OH is 1. The zero-order valence-electron chi connectivity index (χ0n) is 21.2. The van der Waals surface area contributed by atoms with Crippen molar-refractivity contribution in [3.63, 3.8) is 0 Å². The van der Waals surface area contributed by atoms with E-state index in [1.807, 2.05) is 37.9 Å². The standard InChI is InChI=1S/C28H34ClN3O3S/c1-28(2,3)35-27(34)31-11-5-7-20(9-13-31)32-12-4-6-18-14-19(29)15-23(25(18)32)22-8-10-30-24-16-21(17-33)36-26(22)24/h8,10,14-16,20,33H,4-7,9,11-13,17H2,1-3H3/t20-/m0/s1. The molecule has 0 spiro atoms. The topological polar surface area (TPSA) is 65.9 Å². The third-order valence-electron chi connectivity index (χ3n) is 6.99. The number of fused-ring (bicyclic) bond motifs is 2. The van der Waals surface area contributed by atoms with Crippen LogP contribution in [0.3, 0.4) is 0 Å². The summed E-state index contributed by atoms with van der Waals surface area (Å²) >= 11 is 8.24. The summed E-state index contributed by atoms with van der Waals surface area (Å²) in [6, 6.07) is 8.56. The minimum absolute atomic E-state index is 0.0104. The van der Waals surface area contributed by atoms with Crippen molar-refractivity contribution in [3.05, 3.63) is 45.9 Å². The predicted molar refractivity (Wildman–Crippen MR) is 147 cm³/mol. The quantitative estimate of drug-likeness (QED) is 0.413. The molecule has 0 bridgehead atoms. The van der Waals surface area contributed by atoms with E-state index in [2.05, 4.69) is 28.1 Å². The smallest absolute Gasteiger partial charge is 0.410 e. The van der Waals surface area contributed by atoms with E-state index in [0.717, 1.165) is 76.4 Å². The molecule has 3 aromatic rings. The van der Waals surface area contributed by atoms with Crippen molar-refractivity contribution in [2.24, 2.45) is 0 Å². The van der Waals surface area contributed by atoms with Gasteiger partial charge in [-0.25, -0.2) is 4.79 Å². The average molecular weight is 528 g/mol. The zero-order valence-corrected chi connectivity index (χ0v) is 22.8. The molecule has 1 fully saturated rings. The first-order valence-electron chi connectivity index (χ1n) is 12.8. The summed E-state index contributed by atoms with van der Waals surface area (Å²) in [4.78, 5) is 22.6. The van der Waals surface area contributed by atoms with Crippen molar-refractivity contribution >= 4 is 44.9 Å². The number of rotatable bonds is 3. The SMILES string of the molecule is CC(C)(C)OC(=O)N1CCC[C@H](N2CCCc3cc(Cl)cc(-c4ccnc5cc(CO)sc45)c32)CC1. The molecular formula is C28H34ClN3O3S. The fourth-order valence-corrected chi connectivity index (χ4v) is 6.73. The number of thiophene rings is 1. The lowest BCUT2D eigenvalue weighted by Gasteiger charge is -2.39. The van der Waals surface area contributed by atoms with Crippen molar-refractivity contribution < 1.29 is 14.6 Å². The number of ether oxygens (including phenoxy) is 1. The van der Waals surface area contributed by atoms with Gasteiger partial charge in [-0.1, -0.05) is 11.6 Å². The molecule has 2 aliphatic rings. The van der Waals surface area contributed by atoms with Gasteiger partial charge in [-0.15, -0.1) is 11.3 Å². The van der Waals surface area contributed by atoms with Gasteiger partial charge in [0.25, 0.3) is 0 Å². The van der Waals surface area contributed by atoms with Gasteiger partial charge in [0.15, 0.2) is 0 Å². The zero-order chi connectivity index (χ0) is 25.4. The Balaban J connectivity index is 1.49. The average Bonchev–Trinajstić information content (AvgIpc) is 3.10. The van der Waals surface area contributed by atoms with Crippen molar-refractivity contribution in [2.45, 2.75) is 71.1 Å². The maximum atomic E-state index is 12.7. The molecule has 4 heterocycles. The Hall–Kier alpha value is -2.35. The molecule has 2 aromatic heterocycles. The van der Waals surface area contributed by atoms with Crippen molar-refractivity contribution in [1.29, 1.82) is 0 Å². The number of aliphatic hydroxyl groups is 1. The summed E-state index contributed by atoms with van der Waals surface area (Å²) in [6.45, 7) is 8.15. The lowest BCUT2D eigenvalue weighted by atomic mass is 9.91. The number of likely N-dealkylation sites (tertiary alicyclic amines) is 1. The maximum absolute atomic E-state index is 12.7. The third kappa shape index (κ3) is 5.20. The predicted octanol–water partition coefficient (Wildman–Crippen LogP) is 6.65. The largest absolute Gasteiger partial charge is 0.444 e. The lowest BCUT2D eigenvalue weighted by Crippen LogP contribution is -2.41. The van der Waals surface area contributed by atoms with E-state index in [4.69, 9.17) is 16.3 Å². The van der Waals surface area contributed by atoms with Gasteiger partial charge in [0.2, 0.25) is 0 Å². The van der Waals surface area contributed by atoms with Crippen LogP contribution in [-0.2, 0) is 17.8 Å². The number of anilines is 1. The van der Waals surface area contributed by atoms with E-state index in [0.29, 0.717) is 12.6 Å². The van der Waals surface area contributed by atoms with E-state index in [-0.39, 0.29) is 12.7 Å². The highest BCUT2D eigenvalue weighted by Crippen LogP contribution is 2.45. The Morgan fingerprint density at radius 2 is 2.00 bits per heavy atom. The minimum atomic E-state index is -0.490. The fraction of sp³-hybridized carbons (Fsp3) is 0.500. The van der Waals surface area contributed by atoms with Gasteiger partial charge in [-0.05, 0) is 82.7 Å². The van der Waals surface area contributed by atoms with Crippen LogP contribution in [0.2, 0.25) is 5.02 Å². The molecule has 2 aliphatic heterocycles. The number of halogens is 1. The van der Waals surface area contributed by atoms with Crippen molar-refractivity contribution in [1.82, 2.24) is 9.88 Å². The summed E-state index contributed by atoms with van der Waals surface area (Å²) in [6.07, 6.45) is 6.58. The molecule has 0 saturated carbocycles. The van der Waals surface area contributed by atoms with Crippen LogP contribution in [0.4, 0.5) is 10.5 Å². The van der Waals surface area contributed by atoms with E-state index in [9.17, 15) is 9.90 Å². The van der Waals surface area contributed by atoms with E-state index < -0.39 is 5.60 Å². The first kappa shape index (κ1) is 25.3. The molecule has 1 atom stereocenters. The van der Waals surface area contributed by atoms with E-state index in [1.165, 1.54) is 11.3 Å². The van der Waals surface area contributed by atoms with Crippen LogP contribution in [0.15, 0.2) is 30.5 Å². The number of carbonyl (C=O) groups excluding carboxylic acids is 1. The molecule has 8 heteroatoms. The highest BCUT2D eigenvalue weighted by atomic mass is 35.5. The van der Waals surface area contributed by atoms with Gasteiger partial charge in [-0.2, -0.15) is 0 Å². The molecule has 0 aliphatic carbocycles. The van der Waals surface area contributed by atoms with Gasteiger partial charge in [-0.3, -0.25) is 4.98 Å². The number of benzene rings is 1. The highest BCUT2D eigenvalue weighted by Gasteiger charge is 2.31. The molecule has 1 aromatic carbocycles. The van der Waals surface area contributed by atoms with Crippen LogP contribution in [-0.4, -0.2) is 52.4 Å². The Morgan fingerprint density at radius 3 is 2.78 bits per heavy atom. The van der Waals surface area contributed by atoms with Crippen molar-refractivity contribution in [3.8, 4) is 11.1 Å². The summed E-state index contributed by atoms with van der Waals surface area (Å²) in [5.41, 5.74) is 5.19. The van der Waals surface area contributed by atoms with Crippen LogP contribution in [0.5, 0.6) is 0 Å². The monoisotopic (exact) mass is 527 g/mol. The normalized spacial score (nSPS) is 18.8. The first-order valence-corrected chi connectivity index (χ1v) is 14.0. The van der Waals surface area contributed by atoms with Crippen LogP contribution in [0.1, 0.15) is 56.9 Å². The Kier molecular flexibility index (Phi) is 7.16. The number of aromatic nitrogens is 1. The van der Waals surface area contributed by atoms with Gasteiger partial charge in [0, 0.05) is 58.6 Å². The Morgan fingerprint density at radius 1 is 1.17 bits per heavy atom. The second kappa shape index (κ2) is 10.2. The number of amides is 1. The maximum Gasteiger partial charge on any atom is 0.410 e. The molecule has 6 nitrogen and oxygen atoms in total. The summed E-state index contributed by atoms with van der Waals surface area (Å²) in [5, 5.41) is 10.5. The number of hydrogen-bond donors (Lipinski definition) is 1. The number of pyridine rings is 1. The second-order valence-corrected chi connectivity index (χ2v) is 12.3. The van der Waals surface area contributed by atoms with Gasteiger partial charge < -0.3 is 19.6 Å². The van der Waals surface area contributed by atoms with E-state index >= 15 is 0 Å². The summed E-state index contributed by atoms with van der Waals surface area (Å²) in [5.74, 6) is 0. The van der Waals surface area contributed by atoms with Crippen molar-refractivity contribution in [2.75, 3.05) is 24.5 Å². The Labute approximate surface area is 221 Å². The first-order chi connectivity index (χ1) is 17.2. The summed E-state index contributed by atoms with van der Waals surface area (Å²) in [7, 11) is 0. The van der Waals surface area contributed by atoms with Crippen LogP contribution in [0, 0.1) is 0 Å². The minimum Gasteiger partial charge on any atom is -0.444 e. The number of carbonyl (C=O) groups is 1. The van der Waals surface area contributed by atoms with Crippen LogP contribution >= 0.6 is 22.9 Å². The molecule has 36 heavy (non-hydrogen) atoms. The summed E-state index contributed by atoms with van der Waals surface area (Å²) < 4.78 is 6.73. The highest BCUT2D eigenvalue weighted by molar-refractivity contribution is 7.19. The van der Waals surface area contributed by atoms with E-state index in [1.54, 1.807) is 11.3 Å². The molecule has 1 saturated heterocycles. The van der Waals surface area contributed by atoms with Crippen LogP contribution in [0.25, 0.3) is 21.3 Å². The molecule has 0 radical (unpaired) electrons. The van der Waals surface area contributed by atoms with Gasteiger partial charge >= 0.3 is 6.09 Å². The molecule has 1 N–H and O–H groups in total. The Bertz CT molecular complexity index is 1270. The van der Waals surface area contributed by atoms with Gasteiger partial charge in [0.1, 0.15) is 5.60 Å². The van der Waals surface area contributed by atoms with Crippen LogP contribution < -0.4 is 4.90 Å². The fourth-order valence-electron chi connectivity index (χ4n) is 5.48. The molecule has 1 amide bonds. The number of hydrogen-bond acceptors (Lipinski definition) is 6.